The highest BCUT2D eigenvalue weighted by Crippen LogP contribution is 2.26. The van der Waals surface area contributed by atoms with Crippen LogP contribution in [0.25, 0.3) is 10.8 Å². The molecule has 0 saturated carbocycles. The third kappa shape index (κ3) is 3.66. The molecule has 0 aliphatic carbocycles. The van der Waals surface area contributed by atoms with Gasteiger partial charge in [-0.1, -0.05) is 42.5 Å². The first-order chi connectivity index (χ1) is 10.7. The molecule has 0 aliphatic heterocycles. The monoisotopic (exact) mass is 310 g/mol. The number of rotatable bonds is 5. The fourth-order valence-corrected chi connectivity index (χ4v) is 2.43. The lowest BCUT2D eigenvalue weighted by atomic mass is 10.1. The molecule has 0 fully saturated rings. The van der Waals surface area contributed by atoms with Crippen LogP contribution in [0.5, 0.6) is 11.5 Å². The predicted octanol–water partition coefficient (Wildman–Crippen LogP) is 5.33. The van der Waals surface area contributed by atoms with Crippen LogP contribution in [-0.2, 0) is 11.2 Å². The molecule has 0 unspecified atom stereocenters. The summed E-state index contributed by atoms with van der Waals surface area (Å²) in [5.41, 5.74) is 1.07. The van der Waals surface area contributed by atoms with E-state index in [0.717, 1.165) is 22.4 Å². The molecule has 110 valence electrons. The molecule has 0 bridgehead atoms. The summed E-state index contributed by atoms with van der Waals surface area (Å²) in [6.07, 6.45) is 1.00. The van der Waals surface area contributed by atoms with Crippen molar-refractivity contribution in [2.45, 2.75) is 12.8 Å². The van der Waals surface area contributed by atoms with Crippen molar-refractivity contribution in [3.63, 3.8) is 0 Å². The number of aryl methyl sites for hydroxylation is 1. The van der Waals surface area contributed by atoms with Crippen molar-refractivity contribution in [1.29, 1.82) is 0 Å². The molecule has 2 nitrogen and oxygen atoms in total. The van der Waals surface area contributed by atoms with Gasteiger partial charge < -0.3 is 4.74 Å². The van der Waals surface area contributed by atoms with E-state index in [-0.39, 0.29) is 5.24 Å². The molecule has 0 saturated heterocycles. The maximum atomic E-state index is 10.8. The smallest absolute Gasteiger partial charge is 0.221 e. The Labute approximate surface area is 134 Å². The third-order valence-corrected chi connectivity index (χ3v) is 3.68. The van der Waals surface area contributed by atoms with E-state index in [1.807, 2.05) is 54.6 Å². The van der Waals surface area contributed by atoms with Crippen LogP contribution in [0.2, 0.25) is 0 Å². The summed E-state index contributed by atoms with van der Waals surface area (Å²) >= 11 is 5.35. The first-order valence-electron chi connectivity index (χ1n) is 7.15. The Kier molecular flexibility index (Phi) is 4.40. The van der Waals surface area contributed by atoms with Gasteiger partial charge in [-0.15, -0.1) is 0 Å². The minimum Gasteiger partial charge on any atom is -0.457 e. The minimum atomic E-state index is -0.309. The second kappa shape index (κ2) is 6.63. The number of carbonyl (C=O) groups is 1. The summed E-state index contributed by atoms with van der Waals surface area (Å²) in [6, 6.07) is 21.9. The van der Waals surface area contributed by atoms with Gasteiger partial charge in [0.05, 0.1) is 0 Å². The number of benzene rings is 3. The molecule has 0 atom stereocenters. The van der Waals surface area contributed by atoms with E-state index in [1.54, 1.807) is 0 Å². The van der Waals surface area contributed by atoms with Gasteiger partial charge >= 0.3 is 0 Å². The Morgan fingerprint density at radius 1 is 0.864 bits per heavy atom. The number of ether oxygens (including phenoxy) is 1. The van der Waals surface area contributed by atoms with Crippen molar-refractivity contribution >= 4 is 27.6 Å². The van der Waals surface area contributed by atoms with E-state index in [2.05, 4.69) is 12.1 Å². The topological polar surface area (TPSA) is 26.3 Å². The molecule has 0 spiro atoms. The van der Waals surface area contributed by atoms with Gasteiger partial charge in [0.1, 0.15) is 11.5 Å². The number of fused-ring (bicyclic) bond motifs is 1. The Balaban J connectivity index is 1.72. The second-order valence-corrected chi connectivity index (χ2v) is 5.53. The van der Waals surface area contributed by atoms with Gasteiger partial charge in [-0.05, 0) is 58.6 Å². The van der Waals surface area contributed by atoms with Gasteiger partial charge in [-0.2, -0.15) is 0 Å². The molecule has 0 amide bonds. The van der Waals surface area contributed by atoms with Gasteiger partial charge in [0, 0.05) is 6.42 Å². The van der Waals surface area contributed by atoms with Gasteiger partial charge in [-0.25, -0.2) is 0 Å². The minimum absolute atomic E-state index is 0.309. The maximum absolute atomic E-state index is 10.8. The lowest BCUT2D eigenvalue weighted by Gasteiger charge is -2.08. The SMILES string of the molecule is O=C(Cl)CCc1ccc(Oc2ccc3ccccc3c2)cc1. The Morgan fingerprint density at radius 3 is 2.27 bits per heavy atom. The average Bonchev–Trinajstić information content (AvgIpc) is 2.54. The maximum Gasteiger partial charge on any atom is 0.221 e. The fraction of sp³-hybridized carbons (Fsp3) is 0.105. The fourth-order valence-electron chi connectivity index (χ4n) is 2.33. The van der Waals surface area contributed by atoms with Crippen LogP contribution >= 0.6 is 11.6 Å². The van der Waals surface area contributed by atoms with E-state index >= 15 is 0 Å². The summed E-state index contributed by atoms with van der Waals surface area (Å²) in [5.74, 6) is 1.58. The molecular formula is C19H15ClO2. The number of carbonyl (C=O) groups excluding carboxylic acids is 1. The lowest BCUT2D eigenvalue weighted by Crippen LogP contribution is -1.91. The zero-order chi connectivity index (χ0) is 15.4. The van der Waals surface area contributed by atoms with Crippen molar-refractivity contribution in [3.8, 4) is 11.5 Å². The molecule has 0 radical (unpaired) electrons. The molecule has 3 rings (SSSR count). The van der Waals surface area contributed by atoms with Crippen LogP contribution in [0.15, 0.2) is 66.7 Å². The van der Waals surface area contributed by atoms with Gasteiger partial charge in [-0.3, -0.25) is 4.79 Å². The van der Waals surface area contributed by atoms with E-state index in [4.69, 9.17) is 16.3 Å². The van der Waals surface area contributed by atoms with Crippen LogP contribution in [0.1, 0.15) is 12.0 Å². The molecule has 0 heterocycles. The quantitative estimate of drug-likeness (QED) is 0.595. The lowest BCUT2D eigenvalue weighted by molar-refractivity contribution is -0.111. The standard InChI is InChI=1S/C19H15ClO2/c20-19(21)12-7-14-5-9-17(10-6-14)22-18-11-8-15-3-1-2-4-16(15)13-18/h1-6,8-11,13H,7,12H2. The van der Waals surface area contributed by atoms with E-state index in [9.17, 15) is 4.79 Å². The van der Waals surface area contributed by atoms with Crippen molar-refractivity contribution < 1.29 is 9.53 Å². The van der Waals surface area contributed by atoms with Gasteiger partial charge in [0.2, 0.25) is 5.24 Å². The van der Waals surface area contributed by atoms with Gasteiger partial charge in [0.25, 0.3) is 0 Å². The molecule has 3 aromatic carbocycles. The van der Waals surface area contributed by atoms with Crippen molar-refractivity contribution in [2.75, 3.05) is 0 Å². The summed E-state index contributed by atoms with van der Waals surface area (Å²) in [5, 5.41) is 2.03. The third-order valence-electron chi connectivity index (χ3n) is 3.49. The summed E-state index contributed by atoms with van der Waals surface area (Å²) in [6.45, 7) is 0. The van der Waals surface area contributed by atoms with Crippen molar-refractivity contribution in [1.82, 2.24) is 0 Å². The van der Waals surface area contributed by atoms with Crippen molar-refractivity contribution in [2.24, 2.45) is 0 Å². The van der Waals surface area contributed by atoms with E-state index in [1.165, 1.54) is 5.39 Å². The summed E-state index contributed by atoms with van der Waals surface area (Å²) in [4.78, 5) is 10.8. The average molecular weight is 311 g/mol. The van der Waals surface area contributed by atoms with Gasteiger partial charge in [0.15, 0.2) is 0 Å². The van der Waals surface area contributed by atoms with Crippen LogP contribution < -0.4 is 4.74 Å². The first-order valence-corrected chi connectivity index (χ1v) is 7.52. The highest BCUT2D eigenvalue weighted by molar-refractivity contribution is 6.63. The number of hydrogen-bond donors (Lipinski definition) is 0. The number of halogens is 1. The Hall–Kier alpha value is -2.32. The highest BCUT2D eigenvalue weighted by Gasteiger charge is 2.02. The molecule has 3 aromatic rings. The first kappa shape index (κ1) is 14.6. The zero-order valence-corrected chi connectivity index (χ0v) is 12.7. The number of hydrogen-bond acceptors (Lipinski definition) is 2. The van der Waals surface area contributed by atoms with Crippen LogP contribution in [0.4, 0.5) is 0 Å². The Bertz CT molecular complexity index is 794. The highest BCUT2D eigenvalue weighted by atomic mass is 35.5. The second-order valence-electron chi connectivity index (χ2n) is 5.11. The largest absolute Gasteiger partial charge is 0.457 e. The van der Waals surface area contributed by atoms with Crippen LogP contribution in [-0.4, -0.2) is 5.24 Å². The van der Waals surface area contributed by atoms with E-state index < -0.39 is 0 Å². The summed E-state index contributed by atoms with van der Waals surface area (Å²) in [7, 11) is 0. The molecule has 3 heteroatoms. The molecular weight excluding hydrogens is 296 g/mol. The summed E-state index contributed by atoms with van der Waals surface area (Å²) < 4.78 is 5.87. The molecule has 0 aromatic heterocycles. The van der Waals surface area contributed by atoms with Crippen LogP contribution in [0, 0.1) is 0 Å². The Morgan fingerprint density at radius 2 is 1.55 bits per heavy atom. The zero-order valence-electron chi connectivity index (χ0n) is 12.0. The van der Waals surface area contributed by atoms with E-state index in [0.29, 0.717) is 12.8 Å². The normalized spacial score (nSPS) is 10.6. The van der Waals surface area contributed by atoms with Crippen LogP contribution in [0.3, 0.4) is 0 Å². The van der Waals surface area contributed by atoms with Crippen molar-refractivity contribution in [3.05, 3.63) is 72.3 Å². The predicted molar refractivity (Wildman–Crippen MR) is 89.6 cm³/mol. The molecule has 22 heavy (non-hydrogen) atoms. The molecule has 0 N–H and O–H groups in total. The molecule has 0 aliphatic rings.